The Morgan fingerprint density at radius 1 is 1.00 bits per heavy atom. The first-order valence-electron chi connectivity index (χ1n) is 9.15. The molecule has 0 saturated heterocycles. The number of aromatic nitrogens is 4. The maximum absolute atomic E-state index is 12.4. The Labute approximate surface area is 174 Å². The number of rotatable bonds is 7. The Bertz CT molecular complexity index is 1230. The molecule has 0 amide bonds. The Kier molecular flexibility index (Phi) is 5.44. The van der Waals surface area contributed by atoms with E-state index in [1.807, 2.05) is 18.2 Å². The zero-order chi connectivity index (χ0) is 21.0. The number of sulfonamides is 1. The van der Waals surface area contributed by atoms with Crippen molar-refractivity contribution in [2.45, 2.75) is 12.7 Å². The van der Waals surface area contributed by atoms with Crippen LogP contribution in [0.2, 0.25) is 0 Å². The average molecular weight is 421 g/mol. The quantitative estimate of drug-likeness (QED) is 0.488. The molecule has 0 fully saturated rings. The number of aryl methyl sites for hydroxylation is 1. The monoisotopic (exact) mass is 421 g/mol. The SMILES string of the molecule is Cc1nc(Oc2ccc(NS(=O)(=O)Cc3ccccc3)cc2)cc(-n2cccn2)n1. The van der Waals surface area contributed by atoms with Crippen molar-refractivity contribution in [3.05, 3.63) is 90.5 Å². The van der Waals surface area contributed by atoms with Crippen molar-refractivity contribution in [2.75, 3.05) is 4.72 Å². The second-order valence-electron chi connectivity index (χ2n) is 6.54. The first kappa shape index (κ1) is 19.6. The minimum atomic E-state index is -3.52. The minimum absolute atomic E-state index is 0.0947. The number of hydrogen-bond donors (Lipinski definition) is 1. The summed E-state index contributed by atoms with van der Waals surface area (Å²) in [6.45, 7) is 1.77. The van der Waals surface area contributed by atoms with Crippen molar-refractivity contribution >= 4 is 15.7 Å². The smallest absolute Gasteiger partial charge is 0.236 e. The van der Waals surface area contributed by atoms with Crippen LogP contribution in [0, 0.1) is 6.92 Å². The van der Waals surface area contributed by atoms with E-state index in [1.165, 1.54) is 0 Å². The fourth-order valence-corrected chi connectivity index (χ4v) is 4.02. The molecule has 0 atom stereocenters. The molecule has 0 aliphatic rings. The van der Waals surface area contributed by atoms with E-state index in [2.05, 4.69) is 19.8 Å². The highest BCUT2D eigenvalue weighted by atomic mass is 32.2. The molecule has 0 aliphatic carbocycles. The molecule has 0 bridgehead atoms. The van der Waals surface area contributed by atoms with E-state index in [0.717, 1.165) is 5.56 Å². The van der Waals surface area contributed by atoms with Crippen molar-refractivity contribution < 1.29 is 13.2 Å². The van der Waals surface area contributed by atoms with E-state index in [0.29, 0.717) is 29.0 Å². The summed E-state index contributed by atoms with van der Waals surface area (Å²) >= 11 is 0. The molecule has 0 aliphatic heterocycles. The van der Waals surface area contributed by atoms with Gasteiger partial charge >= 0.3 is 0 Å². The van der Waals surface area contributed by atoms with Gasteiger partial charge in [0.15, 0.2) is 5.82 Å². The lowest BCUT2D eigenvalue weighted by molar-refractivity contribution is 0.459. The summed E-state index contributed by atoms with van der Waals surface area (Å²) in [4.78, 5) is 8.62. The van der Waals surface area contributed by atoms with Gasteiger partial charge in [-0.2, -0.15) is 10.1 Å². The molecule has 2 heterocycles. The van der Waals surface area contributed by atoms with Crippen LogP contribution in [0.25, 0.3) is 5.82 Å². The van der Waals surface area contributed by atoms with Gasteiger partial charge in [-0.15, -0.1) is 0 Å². The summed E-state index contributed by atoms with van der Waals surface area (Å²) in [6.07, 6.45) is 3.44. The van der Waals surface area contributed by atoms with E-state index >= 15 is 0 Å². The minimum Gasteiger partial charge on any atom is -0.439 e. The highest BCUT2D eigenvalue weighted by Crippen LogP contribution is 2.23. The number of nitrogens with one attached hydrogen (secondary N) is 1. The van der Waals surface area contributed by atoms with Crippen molar-refractivity contribution in [2.24, 2.45) is 0 Å². The standard InChI is InChI=1S/C21H19N5O3S/c1-16-23-20(26-13-5-12-22-26)14-21(24-16)29-19-10-8-18(9-11-19)25-30(27,28)15-17-6-3-2-4-7-17/h2-14,25H,15H2,1H3. The molecule has 0 spiro atoms. The number of anilines is 1. The molecule has 0 unspecified atom stereocenters. The second-order valence-corrected chi connectivity index (χ2v) is 8.26. The Balaban J connectivity index is 1.45. The van der Waals surface area contributed by atoms with Gasteiger partial charge in [0.05, 0.1) is 5.75 Å². The molecule has 1 N–H and O–H groups in total. The summed E-state index contributed by atoms with van der Waals surface area (Å²) in [5.41, 5.74) is 1.17. The van der Waals surface area contributed by atoms with Gasteiger partial charge in [-0.25, -0.2) is 18.1 Å². The zero-order valence-electron chi connectivity index (χ0n) is 16.1. The van der Waals surface area contributed by atoms with Gasteiger partial charge in [-0.3, -0.25) is 4.72 Å². The zero-order valence-corrected chi connectivity index (χ0v) is 17.0. The van der Waals surface area contributed by atoms with Gasteiger partial charge in [0.2, 0.25) is 15.9 Å². The van der Waals surface area contributed by atoms with Crippen molar-refractivity contribution in [3.63, 3.8) is 0 Å². The molecule has 152 valence electrons. The molecule has 0 saturated carbocycles. The predicted molar refractivity (Wildman–Crippen MR) is 113 cm³/mol. The van der Waals surface area contributed by atoms with Crippen molar-refractivity contribution in [1.82, 2.24) is 19.7 Å². The topological polar surface area (TPSA) is 99.0 Å². The lowest BCUT2D eigenvalue weighted by atomic mass is 10.2. The van der Waals surface area contributed by atoms with E-state index in [1.54, 1.807) is 72.5 Å². The molecule has 4 aromatic rings. The summed E-state index contributed by atoms with van der Waals surface area (Å²) in [5.74, 6) is 1.93. The van der Waals surface area contributed by atoms with Gasteiger partial charge < -0.3 is 4.74 Å². The molecule has 30 heavy (non-hydrogen) atoms. The fraction of sp³-hybridized carbons (Fsp3) is 0.0952. The van der Waals surface area contributed by atoms with E-state index in [-0.39, 0.29) is 5.75 Å². The highest BCUT2D eigenvalue weighted by molar-refractivity contribution is 7.91. The van der Waals surface area contributed by atoms with Crippen LogP contribution >= 0.6 is 0 Å². The van der Waals surface area contributed by atoms with Crippen LogP contribution in [0.5, 0.6) is 11.6 Å². The third-order valence-electron chi connectivity index (χ3n) is 4.09. The maximum Gasteiger partial charge on any atom is 0.236 e. The fourth-order valence-electron chi connectivity index (χ4n) is 2.82. The number of benzene rings is 2. The lowest BCUT2D eigenvalue weighted by Crippen LogP contribution is -2.14. The van der Waals surface area contributed by atoms with Crippen LogP contribution in [-0.4, -0.2) is 28.2 Å². The van der Waals surface area contributed by atoms with Gasteiger partial charge in [0.1, 0.15) is 11.6 Å². The maximum atomic E-state index is 12.4. The third kappa shape index (κ3) is 5.00. The molecular weight excluding hydrogens is 402 g/mol. The van der Waals surface area contributed by atoms with Gasteiger partial charge in [-0.1, -0.05) is 30.3 Å². The molecule has 4 rings (SSSR count). The largest absolute Gasteiger partial charge is 0.439 e. The van der Waals surface area contributed by atoms with E-state index < -0.39 is 10.0 Å². The average Bonchev–Trinajstić information content (AvgIpc) is 3.24. The number of hydrogen-bond acceptors (Lipinski definition) is 6. The highest BCUT2D eigenvalue weighted by Gasteiger charge is 2.12. The van der Waals surface area contributed by atoms with Crippen molar-refractivity contribution in [3.8, 4) is 17.4 Å². The third-order valence-corrected chi connectivity index (χ3v) is 5.35. The summed E-state index contributed by atoms with van der Waals surface area (Å²) in [5, 5.41) is 4.16. The van der Waals surface area contributed by atoms with Gasteiger partial charge in [0, 0.05) is 24.1 Å². The van der Waals surface area contributed by atoms with Crippen LogP contribution in [0.1, 0.15) is 11.4 Å². The molecule has 2 aromatic carbocycles. The predicted octanol–water partition coefficient (Wildman–Crippen LogP) is 3.70. The lowest BCUT2D eigenvalue weighted by Gasteiger charge is -2.10. The van der Waals surface area contributed by atoms with Crippen LogP contribution < -0.4 is 9.46 Å². The molecule has 9 heteroatoms. The van der Waals surface area contributed by atoms with Crippen LogP contribution in [-0.2, 0) is 15.8 Å². The number of ether oxygens (including phenoxy) is 1. The van der Waals surface area contributed by atoms with Gasteiger partial charge in [-0.05, 0) is 42.8 Å². The second kappa shape index (κ2) is 8.34. The first-order chi connectivity index (χ1) is 14.5. The van der Waals surface area contributed by atoms with Crippen LogP contribution in [0.15, 0.2) is 79.1 Å². The molecule has 8 nitrogen and oxygen atoms in total. The summed E-state index contributed by atoms with van der Waals surface area (Å²) in [6, 6.07) is 19.1. The van der Waals surface area contributed by atoms with Crippen LogP contribution in [0.4, 0.5) is 5.69 Å². The number of nitrogens with zero attached hydrogens (tertiary/aromatic N) is 4. The summed E-state index contributed by atoms with van der Waals surface area (Å²) < 4.78 is 34.7. The Morgan fingerprint density at radius 2 is 1.77 bits per heavy atom. The van der Waals surface area contributed by atoms with E-state index in [4.69, 9.17) is 4.74 Å². The van der Waals surface area contributed by atoms with Crippen LogP contribution in [0.3, 0.4) is 0 Å². The molecular formula is C21H19N5O3S. The first-order valence-corrected chi connectivity index (χ1v) is 10.8. The van der Waals surface area contributed by atoms with Crippen molar-refractivity contribution in [1.29, 1.82) is 0 Å². The van der Waals surface area contributed by atoms with Gasteiger partial charge in [0.25, 0.3) is 0 Å². The Hall–Kier alpha value is -3.72. The molecule has 0 radical (unpaired) electrons. The molecule has 2 aromatic heterocycles. The Morgan fingerprint density at radius 3 is 2.47 bits per heavy atom. The van der Waals surface area contributed by atoms with E-state index in [9.17, 15) is 8.42 Å². The summed E-state index contributed by atoms with van der Waals surface area (Å²) in [7, 11) is -3.52. The normalized spacial score (nSPS) is 11.2.